The zero-order chi connectivity index (χ0) is 15.4. The summed E-state index contributed by atoms with van der Waals surface area (Å²) in [5, 5.41) is 0. The number of nitrogens with two attached hydrogens (primary N) is 1. The molecule has 0 aliphatic carbocycles. The summed E-state index contributed by atoms with van der Waals surface area (Å²) < 4.78 is 13.4. The Labute approximate surface area is 123 Å². The lowest BCUT2D eigenvalue weighted by molar-refractivity contribution is 0.0989. The largest absolute Gasteiger partial charge is 0.323 e. The molecule has 0 spiro atoms. The quantitative estimate of drug-likeness (QED) is 0.671. The van der Waals surface area contributed by atoms with Crippen LogP contribution in [0.1, 0.15) is 22.8 Å². The van der Waals surface area contributed by atoms with E-state index < -0.39 is 0 Å². The number of rotatable bonds is 4. The van der Waals surface area contributed by atoms with Crippen LogP contribution in [0.2, 0.25) is 0 Å². The minimum Gasteiger partial charge on any atom is -0.323 e. The average molecular weight is 287 g/mol. The van der Waals surface area contributed by atoms with E-state index in [1.54, 1.807) is 24.3 Å². The smallest absolute Gasteiger partial charge is 0.260 e. The molecule has 4 nitrogen and oxygen atoms in total. The molecule has 3 N–H and O–H groups in total. The number of nitrogens with zero attached hydrogens (tertiary/aromatic N) is 1. The van der Waals surface area contributed by atoms with Crippen LogP contribution in [-0.2, 0) is 0 Å². The lowest BCUT2D eigenvalue weighted by atomic mass is 10.1. The van der Waals surface area contributed by atoms with Gasteiger partial charge in [0.15, 0.2) is 0 Å². The van der Waals surface area contributed by atoms with Gasteiger partial charge in [-0.2, -0.15) is 0 Å². The molecular formula is C16H18FN3O. The van der Waals surface area contributed by atoms with E-state index in [1.807, 2.05) is 19.9 Å². The summed E-state index contributed by atoms with van der Waals surface area (Å²) in [7, 11) is 0. The summed E-state index contributed by atoms with van der Waals surface area (Å²) in [5.74, 6) is 4.86. The van der Waals surface area contributed by atoms with Crippen molar-refractivity contribution in [2.24, 2.45) is 5.84 Å². The van der Waals surface area contributed by atoms with E-state index in [4.69, 9.17) is 5.84 Å². The van der Waals surface area contributed by atoms with Crippen molar-refractivity contribution in [1.82, 2.24) is 0 Å². The molecule has 0 aliphatic heterocycles. The highest BCUT2D eigenvalue weighted by Gasteiger charge is 2.19. The Hall–Kier alpha value is -2.40. The molecule has 0 radical (unpaired) electrons. The number of carbonyl (C=O) groups excluding carboxylic acids is 1. The standard InChI is InChI=1S/C16H18FN3O/c1-3-20(13-6-4-5-12(17)10-13)16(21)14-9-11(2)7-8-15(14)19-18/h4-10,19H,3,18H2,1-2H3. The molecule has 110 valence electrons. The van der Waals surface area contributed by atoms with Gasteiger partial charge in [0.25, 0.3) is 5.91 Å². The first-order valence-electron chi connectivity index (χ1n) is 6.71. The van der Waals surface area contributed by atoms with Crippen LogP contribution in [0.5, 0.6) is 0 Å². The Balaban J connectivity index is 2.43. The lowest BCUT2D eigenvalue weighted by Crippen LogP contribution is -2.31. The fourth-order valence-electron chi connectivity index (χ4n) is 2.19. The van der Waals surface area contributed by atoms with E-state index in [2.05, 4.69) is 5.43 Å². The van der Waals surface area contributed by atoms with Crippen molar-refractivity contribution < 1.29 is 9.18 Å². The summed E-state index contributed by atoms with van der Waals surface area (Å²) in [6.45, 7) is 4.17. The van der Waals surface area contributed by atoms with Crippen LogP contribution in [0.25, 0.3) is 0 Å². The zero-order valence-electron chi connectivity index (χ0n) is 12.1. The molecule has 2 aromatic carbocycles. The maximum atomic E-state index is 13.4. The molecule has 0 aromatic heterocycles. The Morgan fingerprint density at radius 2 is 2.05 bits per heavy atom. The Kier molecular flexibility index (Phi) is 4.55. The van der Waals surface area contributed by atoms with Crippen molar-refractivity contribution in [1.29, 1.82) is 0 Å². The minimum atomic E-state index is -0.375. The van der Waals surface area contributed by atoms with E-state index in [-0.39, 0.29) is 11.7 Å². The number of aryl methyl sites for hydroxylation is 1. The van der Waals surface area contributed by atoms with Crippen molar-refractivity contribution >= 4 is 17.3 Å². The number of anilines is 2. The highest BCUT2D eigenvalue weighted by molar-refractivity contribution is 6.09. The number of nitrogen functional groups attached to an aromatic ring is 1. The third-order valence-electron chi connectivity index (χ3n) is 3.24. The van der Waals surface area contributed by atoms with Gasteiger partial charge in [-0.25, -0.2) is 4.39 Å². The second kappa shape index (κ2) is 6.37. The molecule has 0 bridgehead atoms. The van der Waals surface area contributed by atoms with Gasteiger partial charge in [-0.3, -0.25) is 10.6 Å². The predicted molar refractivity (Wildman–Crippen MR) is 82.7 cm³/mol. The number of halogens is 1. The van der Waals surface area contributed by atoms with E-state index in [0.717, 1.165) is 5.56 Å². The molecule has 0 aliphatic rings. The third kappa shape index (κ3) is 3.20. The predicted octanol–water partition coefficient (Wildman–Crippen LogP) is 3.09. The van der Waals surface area contributed by atoms with E-state index in [0.29, 0.717) is 23.5 Å². The van der Waals surface area contributed by atoms with Crippen molar-refractivity contribution in [3.8, 4) is 0 Å². The van der Waals surface area contributed by atoms with Crippen LogP contribution in [0.15, 0.2) is 42.5 Å². The third-order valence-corrected chi connectivity index (χ3v) is 3.24. The summed E-state index contributed by atoms with van der Waals surface area (Å²) in [6, 6.07) is 11.4. The number of benzene rings is 2. The molecule has 0 saturated heterocycles. The first kappa shape index (κ1) is 15.0. The van der Waals surface area contributed by atoms with Crippen molar-refractivity contribution in [3.05, 3.63) is 59.4 Å². The van der Waals surface area contributed by atoms with Crippen LogP contribution >= 0.6 is 0 Å². The molecule has 0 saturated carbocycles. The summed E-state index contributed by atoms with van der Waals surface area (Å²) >= 11 is 0. The molecular weight excluding hydrogens is 269 g/mol. The number of amides is 1. The molecule has 1 amide bonds. The number of carbonyl (C=O) groups is 1. The van der Waals surface area contributed by atoms with Gasteiger partial charge >= 0.3 is 0 Å². The Morgan fingerprint density at radius 3 is 2.67 bits per heavy atom. The van der Waals surface area contributed by atoms with Gasteiger partial charge in [0.1, 0.15) is 5.82 Å². The van der Waals surface area contributed by atoms with Crippen LogP contribution < -0.4 is 16.2 Å². The molecule has 2 rings (SSSR count). The van der Waals surface area contributed by atoms with Gasteiger partial charge in [0.2, 0.25) is 0 Å². The Morgan fingerprint density at radius 1 is 1.29 bits per heavy atom. The van der Waals surface area contributed by atoms with E-state index in [9.17, 15) is 9.18 Å². The number of hydrogen-bond acceptors (Lipinski definition) is 3. The first-order valence-corrected chi connectivity index (χ1v) is 6.71. The summed E-state index contributed by atoms with van der Waals surface area (Å²) in [6.07, 6.45) is 0. The highest BCUT2D eigenvalue weighted by atomic mass is 19.1. The van der Waals surface area contributed by atoms with Crippen LogP contribution in [0, 0.1) is 12.7 Å². The fourth-order valence-corrected chi connectivity index (χ4v) is 2.19. The van der Waals surface area contributed by atoms with Crippen molar-refractivity contribution in [3.63, 3.8) is 0 Å². The van der Waals surface area contributed by atoms with Crippen LogP contribution in [0.3, 0.4) is 0 Å². The van der Waals surface area contributed by atoms with Gasteiger partial charge in [-0.05, 0) is 44.2 Å². The summed E-state index contributed by atoms with van der Waals surface area (Å²) in [5.41, 5.74) is 5.00. The van der Waals surface area contributed by atoms with Crippen LogP contribution in [0.4, 0.5) is 15.8 Å². The molecule has 0 fully saturated rings. The Bertz CT molecular complexity index is 658. The molecule has 2 aromatic rings. The van der Waals surface area contributed by atoms with Gasteiger partial charge in [0, 0.05) is 12.2 Å². The van der Waals surface area contributed by atoms with Crippen LogP contribution in [-0.4, -0.2) is 12.5 Å². The fraction of sp³-hybridized carbons (Fsp3) is 0.188. The molecule has 0 heterocycles. The minimum absolute atomic E-state index is 0.222. The lowest BCUT2D eigenvalue weighted by Gasteiger charge is -2.22. The van der Waals surface area contributed by atoms with E-state index in [1.165, 1.54) is 17.0 Å². The topological polar surface area (TPSA) is 58.4 Å². The molecule has 5 heteroatoms. The van der Waals surface area contributed by atoms with Gasteiger partial charge < -0.3 is 10.3 Å². The van der Waals surface area contributed by atoms with Gasteiger partial charge in [0.05, 0.1) is 11.3 Å². The molecule has 21 heavy (non-hydrogen) atoms. The molecule has 0 atom stereocenters. The number of hydrazine groups is 1. The van der Waals surface area contributed by atoms with Gasteiger partial charge in [-0.15, -0.1) is 0 Å². The second-order valence-electron chi connectivity index (χ2n) is 4.72. The maximum absolute atomic E-state index is 13.4. The van der Waals surface area contributed by atoms with Gasteiger partial charge in [-0.1, -0.05) is 17.7 Å². The first-order chi connectivity index (χ1) is 10.1. The second-order valence-corrected chi connectivity index (χ2v) is 4.72. The highest BCUT2D eigenvalue weighted by Crippen LogP contribution is 2.23. The van der Waals surface area contributed by atoms with E-state index >= 15 is 0 Å². The van der Waals surface area contributed by atoms with Crippen molar-refractivity contribution in [2.75, 3.05) is 16.9 Å². The monoisotopic (exact) mass is 287 g/mol. The number of nitrogens with one attached hydrogen (secondary N) is 1. The maximum Gasteiger partial charge on any atom is 0.260 e. The number of hydrogen-bond donors (Lipinski definition) is 2. The molecule has 0 unspecified atom stereocenters. The normalized spacial score (nSPS) is 10.3. The summed E-state index contributed by atoms with van der Waals surface area (Å²) in [4.78, 5) is 14.2. The average Bonchev–Trinajstić information content (AvgIpc) is 2.48. The van der Waals surface area contributed by atoms with Crippen molar-refractivity contribution in [2.45, 2.75) is 13.8 Å². The zero-order valence-corrected chi connectivity index (χ0v) is 12.1. The SMILES string of the molecule is CCN(C(=O)c1cc(C)ccc1NN)c1cccc(F)c1.